The highest BCUT2D eigenvalue weighted by molar-refractivity contribution is 5.88. The number of hydrogen-bond acceptors (Lipinski definition) is 3. The van der Waals surface area contributed by atoms with Crippen LogP contribution in [0.15, 0.2) is 24.3 Å². The highest BCUT2D eigenvalue weighted by atomic mass is 16.2. The molecule has 5 heteroatoms. The van der Waals surface area contributed by atoms with E-state index in [0.29, 0.717) is 6.04 Å². The van der Waals surface area contributed by atoms with Gasteiger partial charge in [0.15, 0.2) is 0 Å². The standard InChI is InChI=1S/C15H21N3O2/c1-11(19)17-14-8-6-12(7-9-14)16-10-15(20)18-13-4-2-3-5-13/h6-9,13,16H,2-5,10H2,1H3,(H,17,19)(H,18,20). The molecule has 0 aliphatic heterocycles. The van der Waals surface area contributed by atoms with E-state index in [0.717, 1.165) is 24.2 Å². The van der Waals surface area contributed by atoms with Gasteiger partial charge in [0.05, 0.1) is 6.54 Å². The number of carbonyl (C=O) groups is 2. The van der Waals surface area contributed by atoms with E-state index < -0.39 is 0 Å². The van der Waals surface area contributed by atoms with E-state index in [-0.39, 0.29) is 18.4 Å². The fourth-order valence-electron chi connectivity index (χ4n) is 2.41. The van der Waals surface area contributed by atoms with Crippen molar-refractivity contribution >= 4 is 23.2 Å². The van der Waals surface area contributed by atoms with Gasteiger partial charge in [-0.3, -0.25) is 9.59 Å². The van der Waals surface area contributed by atoms with Crippen LogP contribution in [0.3, 0.4) is 0 Å². The molecule has 1 aromatic rings. The number of nitrogens with one attached hydrogen (secondary N) is 3. The Bertz CT molecular complexity index is 465. The van der Waals surface area contributed by atoms with Crippen molar-refractivity contribution in [1.82, 2.24) is 5.32 Å². The van der Waals surface area contributed by atoms with E-state index in [1.165, 1.54) is 19.8 Å². The monoisotopic (exact) mass is 275 g/mol. The Hall–Kier alpha value is -2.04. The van der Waals surface area contributed by atoms with Crippen LogP contribution in [0.2, 0.25) is 0 Å². The maximum Gasteiger partial charge on any atom is 0.239 e. The van der Waals surface area contributed by atoms with Crippen molar-refractivity contribution in [2.24, 2.45) is 0 Å². The molecule has 1 aliphatic carbocycles. The van der Waals surface area contributed by atoms with Crippen LogP contribution in [-0.2, 0) is 9.59 Å². The number of hydrogen-bond donors (Lipinski definition) is 3. The lowest BCUT2D eigenvalue weighted by Crippen LogP contribution is -2.36. The maximum absolute atomic E-state index is 11.8. The molecule has 0 spiro atoms. The Balaban J connectivity index is 1.75. The molecular weight excluding hydrogens is 254 g/mol. The lowest BCUT2D eigenvalue weighted by Gasteiger charge is -2.13. The van der Waals surface area contributed by atoms with Crippen LogP contribution < -0.4 is 16.0 Å². The largest absolute Gasteiger partial charge is 0.376 e. The molecule has 0 atom stereocenters. The van der Waals surface area contributed by atoms with E-state index >= 15 is 0 Å². The van der Waals surface area contributed by atoms with Gasteiger partial charge in [0, 0.05) is 24.3 Å². The summed E-state index contributed by atoms with van der Waals surface area (Å²) in [6.07, 6.45) is 4.61. The fourth-order valence-corrected chi connectivity index (χ4v) is 2.41. The van der Waals surface area contributed by atoms with Crippen LogP contribution >= 0.6 is 0 Å². The zero-order chi connectivity index (χ0) is 14.4. The minimum Gasteiger partial charge on any atom is -0.376 e. The molecule has 2 rings (SSSR count). The van der Waals surface area contributed by atoms with Crippen molar-refractivity contribution in [3.63, 3.8) is 0 Å². The molecule has 5 nitrogen and oxygen atoms in total. The van der Waals surface area contributed by atoms with Crippen molar-refractivity contribution in [2.75, 3.05) is 17.2 Å². The molecule has 0 bridgehead atoms. The van der Waals surface area contributed by atoms with Crippen molar-refractivity contribution < 1.29 is 9.59 Å². The molecule has 0 heterocycles. The van der Waals surface area contributed by atoms with E-state index in [9.17, 15) is 9.59 Å². The normalized spacial score (nSPS) is 14.8. The molecule has 0 unspecified atom stereocenters. The van der Waals surface area contributed by atoms with Crippen LogP contribution in [0.1, 0.15) is 32.6 Å². The summed E-state index contributed by atoms with van der Waals surface area (Å²) in [4.78, 5) is 22.7. The third-order valence-corrected chi connectivity index (χ3v) is 3.38. The molecule has 0 radical (unpaired) electrons. The highest BCUT2D eigenvalue weighted by Gasteiger charge is 2.16. The first kappa shape index (κ1) is 14.4. The van der Waals surface area contributed by atoms with Crippen molar-refractivity contribution in [3.05, 3.63) is 24.3 Å². The van der Waals surface area contributed by atoms with Gasteiger partial charge in [-0.25, -0.2) is 0 Å². The summed E-state index contributed by atoms with van der Waals surface area (Å²) in [6.45, 7) is 1.75. The molecular formula is C15H21N3O2. The molecule has 20 heavy (non-hydrogen) atoms. The van der Waals surface area contributed by atoms with Gasteiger partial charge in [0.25, 0.3) is 0 Å². The average molecular weight is 275 g/mol. The SMILES string of the molecule is CC(=O)Nc1ccc(NCC(=O)NC2CCCC2)cc1. The lowest BCUT2D eigenvalue weighted by molar-refractivity contribution is -0.120. The van der Waals surface area contributed by atoms with E-state index in [1.54, 1.807) is 12.1 Å². The maximum atomic E-state index is 11.8. The summed E-state index contributed by atoms with van der Waals surface area (Å²) in [5, 5.41) is 8.80. The van der Waals surface area contributed by atoms with Crippen molar-refractivity contribution in [2.45, 2.75) is 38.6 Å². The Kier molecular flexibility index (Phi) is 4.98. The Morgan fingerprint density at radius 3 is 2.30 bits per heavy atom. The molecule has 0 aromatic heterocycles. The van der Waals surface area contributed by atoms with Gasteiger partial charge in [0.1, 0.15) is 0 Å². The molecule has 1 aliphatic rings. The number of rotatable bonds is 5. The summed E-state index contributed by atoms with van der Waals surface area (Å²) >= 11 is 0. The Morgan fingerprint density at radius 2 is 1.70 bits per heavy atom. The second-order valence-corrected chi connectivity index (χ2v) is 5.16. The second-order valence-electron chi connectivity index (χ2n) is 5.16. The van der Waals surface area contributed by atoms with Gasteiger partial charge in [-0.2, -0.15) is 0 Å². The summed E-state index contributed by atoms with van der Waals surface area (Å²) in [5.41, 5.74) is 1.61. The Morgan fingerprint density at radius 1 is 1.10 bits per heavy atom. The van der Waals surface area contributed by atoms with Gasteiger partial charge in [-0.1, -0.05) is 12.8 Å². The van der Waals surface area contributed by atoms with Gasteiger partial charge < -0.3 is 16.0 Å². The molecule has 1 fully saturated rings. The topological polar surface area (TPSA) is 70.2 Å². The first-order valence-corrected chi connectivity index (χ1v) is 7.04. The number of carbonyl (C=O) groups excluding carboxylic acids is 2. The predicted octanol–water partition coefficient (Wildman–Crippen LogP) is 2.12. The molecule has 2 amide bonds. The summed E-state index contributed by atoms with van der Waals surface area (Å²) in [6, 6.07) is 7.64. The van der Waals surface area contributed by atoms with Crippen LogP contribution in [0.5, 0.6) is 0 Å². The molecule has 0 saturated heterocycles. The number of benzene rings is 1. The van der Waals surface area contributed by atoms with Crippen LogP contribution in [-0.4, -0.2) is 24.4 Å². The minimum absolute atomic E-state index is 0.0304. The number of anilines is 2. The molecule has 3 N–H and O–H groups in total. The Labute approximate surface area is 119 Å². The van der Waals surface area contributed by atoms with Crippen molar-refractivity contribution in [1.29, 1.82) is 0 Å². The van der Waals surface area contributed by atoms with E-state index in [4.69, 9.17) is 0 Å². The quantitative estimate of drug-likeness (QED) is 0.771. The third-order valence-electron chi connectivity index (χ3n) is 3.38. The van der Waals surface area contributed by atoms with Gasteiger partial charge in [-0.05, 0) is 37.1 Å². The van der Waals surface area contributed by atoms with E-state index in [2.05, 4.69) is 16.0 Å². The van der Waals surface area contributed by atoms with Crippen LogP contribution in [0.4, 0.5) is 11.4 Å². The number of amides is 2. The summed E-state index contributed by atoms with van der Waals surface area (Å²) < 4.78 is 0. The first-order chi connectivity index (χ1) is 9.63. The summed E-state index contributed by atoms with van der Waals surface area (Å²) in [5.74, 6) is -0.0653. The van der Waals surface area contributed by atoms with Crippen LogP contribution in [0, 0.1) is 0 Å². The third kappa shape index (κ3) is 4.57. The first-order valence-electron chi connectivity index (χ1n) is 7.04. The zero-order valence-corrected chi connectivity index (χ0v) is 11.7. The highest BCUT2D eigenvalue weighted by Crippen LogP contribution is 2.17. The van der Waals surface area contributed by atoms with Crippen molar-refractivity contribution in [3.8, 4) is 0 Å². The molecule has 108 valence electrons. The van der Waals surface area contributed by atoms with Gasteiger partial charge >= 0.3 is 0 Å². The fraction of sp³-hybridized carbons (Fsp3) is 0.467. The zero-order valence-electron chi connectivity index (χ0n) is 11.7. The van der Waals surface area contributed by atoms with Gasteiger partial charge in [0.2, 0.25) is 11.8 Å². The average Bonchev–Trinajstić information content (AvgIpc) is 2.90. The van der Waals surface area contributed by atoms with Crippen LogP contribution in [0.25, 0.3) is 0 Å². The minimum atomic E-state index is -0.0957. The second kappa shape index (κ2) is 6.93. The molecule has 1 saturated carbocycles. The predicted molar refractivity (Wildman–Crippen MR) is 79.6 cm³/mol. The smallest absolute Gasteiger partial charge is 0.239 e. The lowest BCUT2D eigenvalue weighted by atomic mass is 10.2. The summed E-state index contributed by atoms with van der Waals surface area (Å²) in [7, 11) is 0. The van der Waals surface area contributed by atoms with Gasteiger partial charge in [-0.15, -0.1) is 0 Å². The molecule has 1 aromatic carbocycles. The van der Waals surface area contributed by atoms with E-state index in [1.807, 2.05) is 12.1 Å².